The number of hydrogen-bond donors (Lipinski definition) is 8. The lowest BCUT2D eigenvalue weighted by atomic mass is 9.42. The minimum atomic E-state index is -1.43. The predicted molar refractivity (Wildman–Crippen MR) is 160 cm³/mol. The SMILES string of the molecule is C[C@H](O)[C@H]1CC[C@]2(N)[C@@H]3CC[C@@H]4C[C@@H](O[C@@H]5O[C@@H](C)[C@H](O)[C@@H](O)[C@H]5O)CC[C@]4(C)[C@H]3C[C@@H](O[C@@H]3O[C@@H](C)[C@H](O)[C@@H](O)[C@H]3O)[C@]12C. The molecule has 0 bridgehead atoms. The van der Waals surface area contributed by atoms with Crippen LogP contribution in [0, 0.1) is 34.5 Å². The molecular weight excluding hydrogens is 586 g/mol. The van der Waals surface area contributed by atoms with E-state index in [1.807, 2.05) is 6.92 Å². The number of ether oxygens (including phenoxy) is 4. The first-order valence-electron chi connectivity index (χ1n) is 17.2. The Bertz CT molecular complexity index is 1070. The minimum Gasteiger partial charge on any atom is -0.393 e. The predicted octanol–water partition coefficient (Wildman–Crippen LogP) is 0.143. The number of nitrogens with two attached hydrogens (primary N) is 1. The molecule has 20 atom stereocenters. The lowest BCUT2D eigenvalue weighted by Gasteiger charge is -2.66. The fourth-order valence-corrected chi connectivity index (χ4v) is 11.0. The van der Waals surface area contributed by atoms with Gasteiger partial charge in [-0.1, -0.05) is 13.8 Å². The van der Waals surface area contributed by atoms with Crippen LogP contribution in [0.5, 0.6) is 0 Å². The van der Waals surface area contributed by atoms with E-state index in [9.17, 15) is 35.7 Å². The van der Waals surface area contributed by atoms with Gasteiger partial charge >= 0.3 is 0 Å². The average molecular weight is 644 g/mol. The second-order valence-corrected chi connectivity index (χ2v) is 16.0. The van der Waals surface area contributed by atoms with Crippen LogP contribution in [0.3, 0.4) is 0 Å². The molecule has 6 rings (SSSR count). The monoisotopic (exact) mass is 643 g/mol. The molecule has 12 nitrogen and oxygen atoms in total. The summed E-state index contributed by atoms with van der Waals surface area (Å²) in [6.07, 6.45) is -6.31. The van der Waals surface area contributed by atoms with Crippen LogP contribution in [0.4, 0.5) is 0 Å². The molecule has 2 heterocycles. The second kappa shape index (κ2) is 12.1. The third kappa shape index (κ3) is 5.25. The van der Waals surface area contributed by atoms with Crippen molar-refractivity contribution in [3.8, 4) is 0 Å². The molecule has 0 amide bonds. The van der Waals surface area contributed by atoms with Gasteiger partial charge in [0.2, 0.25) is 0 Å². The minimum absolute atomic E-state index is 0.0922. The van der Waals surface area contributed by atoms with Crippen molar-refractivity contribution in [1.29, 1.82) is 0 Å². The van der Waals surface area contributed by atoms with E-state index in [-0.39, 0.29) is 29.3 Å². The smallest absolute Gasteiger partial charge is 0.186 e. The van der Waals surface area contributed by atoms with Gasteiger partial charge in [0.15, 0.2) is 12.6 Å². The Morgan fingerprint density at radius 2 is 1.29 bits per heavy atom. The lowest BCUT2D eigenvalue weighted by Crippen LogP contribution is -2.72. The molecule has 0 aromatic carbocycles. The Labute approximate surface area is 266 Å². The van der Waals surface area contributed by atoms with Gasteiger partial charge in [0.05, 0.1) is 30.5 Å². The zero-order chi connectivity index (χ0) is 32.8. The molecule has 45 heavy (non-hydrogen) atoms. The maximum absolute atomic E-state index is 11.0. The molecule has 0 radical (unpaired) electrons. The Balaban J connectivity index is 1.25. The van der Waals surface area contributed by atoms with E-state index in [4.69, 9.17) is 24.7 Å². The first-order chi connectivity index (χ1) is 21.0. The van der Waals surface area contributed by atoms with Crippen molar-refractivity contribution in [2.75, 3.05) is 0 Å². The molecule has 4 saturated carbocycles. The molecule has 12 heteroatoms. The van der Waals surface area contributed by atoms with Crippen molar-refractivity contribution in [1.82, 2.24) is 0 Å². The van der Waals surface area contributed by atoms with Crippen LogP contribution in [0.15, 0.2) is 0 Å². The van der Waals surface area contributed by atoms with Crippen LogP contribution in [-0.2, 0) is 18.9 Å². The molecule has 0 aromatic heterocycles. The van der Waals surface area contributed by atoms with Crippen LogP contribution in [-0.4, -0.2) is 121 Å². The highest BCUT2D eigenvalue weighted by molar-refractivity contribution is 5.22. The number of rotatable bonds is 5. The van der Waals surface area contributed by atoms with E-state index in [1.54, 1.807) is 13.8 Å². The fourth-order valence-electron chi connectivity index (χ4n) is 11.0. The van der Waals surface area contributed by atoms with Crippen LogP contribution in [0.1, 0.15) is 86.0 Å². The Kier molecular flexibility index (Phi) is 9.27. The average Bonchev–Trinajstić information content (AvgIpc) is 3.29. The van der Waals surface area contributed by atoms with Gasteiger partial charge in [-0.05, 0) is 101 Å². The van der Waals surface area contributed by atoms with Crippen LogP contribution >= 0.6 is 0 Å². The maximum atomic E-state index is 11.0. The lowest BCUT2D eigenvalue weighted by molar-refractivity contribution is -0.329. The number of fused-ring (bicyclic) bond motifs is 5. The summed E-state index contributed by atoms with van der Waals surface area (Å²) in [6, 6.07) is 0. The Hall–Kier alpha value is -0.480. The van der Waals surface area contributed by atoms with Gasteiger partial charge in [0.25, 0.3) is 0 Å². The van der Waals surface area contributed by atoms with Gasteiger partial charge in [0.1, 0.15) is 36.6 Å². The van der Waals surface area contributed by atoms with E-state index in [2.05, 4.69) is 13.8 Å². The summed E-state index contributed by atoms with van der Waals surface area (Å²) < 4.78 is 24.6. The van der Waals surface area contributed by atoms with E-state index >= 15 is 0 Å². The van der Waals surface area contributed by atoms with Gasteiger partial charge in [-0.3, -0.25) is 0 Å². The van der Waals surface area contributed by atoms with E-state index < -0.39 is 84.6 Å². The molecule has 2 saturated heterocycles. The largest absolute Gasteiger partial charge is 0.393 e. The molecule has 0 aromatic rings. The summed E-state index contributed by atoms with van der Waals surface area (Å²) in [5.41, 5.74) is 6.24. The molecular formula is C33H57NO11. The standard InChI is InChI=1S/C33H57NO11/c1-14(35)19-9-11-33(34)20-7-6-17-12-18(44-29-27(40)25(38)23(36)15(2)42-29)8-10-31(17,4)21(20)13-22(32(19,33)5)45-30-28(41)26(39)24(37)16(3)43-30/h14-30,35-41H,6-13,34H2,1-5H3/t14-,15-,16-,17+,18-,19+,20+,21-,22+,23-,24-,25+,26+,27+,28+,29-,30-,31-,32-,33-/m0/s1. The Morgan fingerprint density at radius 1 is 0.711 bits per heavy atom. The first kappa shape index (κ1) is 34.4. The fraction of sp³-hybridized carbons (Fsp3) is 1.00. The highest BCUT2D eigenvalue weighted by atomic mass is 16.7. The molecule has 2 aliphatic heterocycles. The van der Waals surface area contributed by atoms with Gasteiger partial charge in [0, 0.05) is 11.0 Å². The summed E-state index contributed by atoms with van der Waals surface area (Å²) in [6.45, 7) is 9.58. The zero-order valence-corrected chi connectivity index (χ0v) is 27.3. The molecule has 0 spiro atoms. The van der Waals surface area contributed by atoms with Crippen molar-refractivity contribution in [3.63, 3.8) is 0 Å². The highest BCUT2D eigenvalue weighted by Crippen LogP contribution is 2.69. The van der Waals surface area contributed by atoms with Crippen molar-refractivity contribution in [3.05, 3.63) is 0 Å². The molecule has 4 aliphatic carbocycles. The van der Waals surface area contributed by atoms with Crippen molar-refractivity contribution < 1.29 is 54.7 Å². The number of hydrogen-bond acceptors (Lipinski definition) is 12. The maximum Gasteiger partial charge on any atom is 0.186 e. The second-order valence-electron chi connectivity index (χ2n) is 16.0. The van der Waals surface area contributed by atoms with Gasteiger partial charge < -0.3 is 60.4 Å². The summed E-state index contributed by atoms with van der Waals surface area (Å²) in [4.78, 5) is 0. The molecule has 9 N–H and O–H groups in total. The molecule has 6 fully saturated rings. The van der Waals surface area contributed by atoms with Gasteiger partial charge in [-0.15, -0.1) is 0 Å². The third-order valence-corrected chi connectivity index (χ3v) is 13.9. The topological polar surface area (TPSA) is 205 Å². The van der Waals surface area contributed by atoms with Crippen LogP contribution in [0.25, 0.3) is 0 Å². The first-order valence-corrected chi connectivity index (χ1v) is 17.2. The molecule has 260 valence electrons. The van der Waals surface area contributed by atoms with Gasteiger partial charge in [-0.2, -0.15) is 0 Å². The third-order valence-electron chi connectivity index (χ3n) is 13.9. The highest BCUT2D eigenvalue weighted by Gasteiger charge is 2.71. The zero-order valence-electron chi connectivity index (χ0n) is 27.3. The summed E-state index contributed by atoms with van der Waals surface area (Å²) >= 11 is 0. The van der Waals surface area contributed by atoms with E-state index in [0.717, 1.165) is 44.9 Å². The number of aliphatic hydroxyl groups excluding tert-OH is 7. The normalized spacial score (nSPS) is 59.1. The van der Waals surface area contributed by atoms with Crippen LogP contribution < -0.4 is 5.73 Å². The summed E-state index contributed by atoms with van der Waals surface area (Å²) in [7, 11) is 0. The van der Waals surface area contributed by atoms with E-state index in [1.165, 1.54) is 0 Å². The number of aliphatic hydroxyl groups is 7. The van der Waals surface area contributed by atoms with Crippen LogP contribution in [0.2, 0.25) is 0 Å². The van der Waals surface area contributed by atoms with E-state index in [0.29, 0.717) is 12.3 Å². The molecule has 0 unspecified atom stereocenters. The van der Waals surface area contributed by atoms with Crippen molar-refractivity contribution >= 4 is 0 Å². The quantitative estimate of drug-likeness (QED) is 0.189. The van der Waals surface area contributed by atoms with Crippen molar-refractivity contribution in [2.24, 2.45) is 40.2 Å². The van der Waals surface area contributed by atoms with Crippen molar-refractivity contribution in [2.45, 2.75) is 171 Å². The van der Waals surface area contributed by atoms with Gasteiger partial charge in [-0.25, -0.2) is 0 Å². The summed E-state index contributed by atoms with van der Waals surface area (Å²) in [5, 5.41) is 73.7. The Morgan fingerprint density at radius 3 is 1.87 bits per heavy atom. The summed E-state index contributed by atoms with van der Waals surface area (Å²) in [5.74, 6) is 0.585. The molecule has 6 aliphatic rings.